The monoisotopic (exact) mass is 290 g/mol. The van der Waals surface area contributed by atoms with Gasteiger partial charge in [0.2, 0.25) is 0 Å². The van der Waals surface area contributed by atoms with Crippen LogP contribution in [0.4, 0.5) is 4.39 Å². The summed E-state index contributed by atoms with van der Waals surface area (Å²) in [5.41, 5.74) is -0.743. The van der Waals surface area contributed by atoms with Crippen LogP contribution >= 0.6 is 27.5 Å². The summed E-state index contributed by atoms with van der Waals surface area (Å²) in [6.07, 6.45) is 2.58. The van der Waals surface area contributed by atoms with E-state index in [-0.39, 0.29) is 4.83 Å². The van der Waals surface area contributed by atoms with E-state index in [0.29, 0.717) is 5.56 Å². The number of benzene rings is 1. The van der Waals surface area contributed by atoms with E-state index in [1.165, 1.54) is 0 Å². The maximum absolute atomic E-state index is 14.9. The third kappa shape index (κ3) is 1.94. The molecule has 1 aliphatic rings. The molecule has 3 atom stereocenters. The number of rotatable bonds is 1. The van der Waals surface area contributed by atoms with E-state index in [0.717, 1.165) is 19.3 Å². The smallest absolute Gasteiger partial charge is 0.164 e. The van der Waals surface area contributed by atoms with Crippen LogP contribution in [0, 0.1) is 0 Å². The Hall–Kier alpha value is -0.0800. The maximum Gasteiger partial charge on any atom is 0.164 e. The SMILES string of the molecule is F[C@@]1(c2ccccc2)[C@@H](Cl)CCC[C@@H]1Br. The van der Waals surface area contributed by atoms with Crippen LogP contribution in [0.25, 0.3) is 0 Å². The fourth-order valence-corrected chi connectivity index (χ4v) is 3.64. The highest BCUT2D eigenvalue weighted by atomic mass is 79.9. The standard InChI is InChI=1S/C12H13BrClF/c13-10-7-4-8-11(14)12(10,15)9-5-2-1-3-6-9/h1-3,5-6,10-11H,4,7-8H2/t10-,11-,12+/m0/s1. The Morgan fingerprint density at radius 1 is 1.27 bits per heavy atom. The molecule has 0 amide bonds. The molecule has 0 N–H and O–H groups in total. The number of halogens is 3. The van der Waals surface area contributed by atoms with Crippen LogP contribution in [0.15, 0.2) is 30.3 Å². The van der Waals surface area contributed by atoms with Crippen LogP contribution in [-0.2, 0) is 5.67 Å². The van der Waals surface area contributed by atoms with Crippen LogP contribution in [0.3, 0.4) is 0 Å². The summed E-state index contributed by atoms with van der Waals surface area (Å²) >= 11 is 9.58. The van der Waals surface area contributed by atoms with E-state index in [1.807, 2.05) is 30.3 Å². The molecule has 0 radical (unpaired) electrons. The molecule has 0 bridgehead atoms. The lowest BCUT2D eigenvalue weighted by Gasteiger charge is -2.38. The third-order valence-electron chi connectivity index (χ3n) is 3.04. The van der Waals surface area contributed by atoms with Crippen LogP contribution < -0.4 is 0 Å². The van der Waals surface area contributed by atoms with Crippen molar-refractivity contribution in [3.8, 4) is 0 Å². The first-order valence-electron chi connectivity index (χ1n) is 5.18. The molecular formula is C12H13BrClF. The molecule has 0 saturated heterocycles. The molecule has 0 heterocycles. The van der Waals surface area contributed by atoms with Gasteiger partial charge in [-0.3, -0.25) is 0 Å². The largest absolute Gasteiger partial charge is 0.236 e. The van der Waals surface area contributed by atoms with Crippen LogP contribution in [0.5, 0.6) is 0 Å². The fraction of sp³-hybridized carbons (Fsp3) is 0.500. The second-order valence-corrected chi connectivity index (χ2v) is 5.63. The van der Waals surface area contributed by atoms with E-state index < -0.39 is 11.0 Å². The quantitative estimate of drug-likeness (QED) is 0.673. The zero-order chi connectivity index (χ0) is 10.9. The van der Waals surface area contributed by atoms with Crippen LogP contribution in [-0.4, -0.2) is 10.2 Å². The summed E-state index contributed by atoms with van der Waals surface area (Å²) in [7, 11) is 0. The molecule has 1 aliphatic carbocycles. The first-order valence-corrected chi connectivity index (χ1v) is 6.53. The summed E-state index contributed by atoms with van der Waals surface area (Å²) in [6, 6.07) is 9.23. The van der Waals surface area contributed by atoms with Crippen molar-refractivity contribution in [2.75, 3.05) is 0 Å². The van der Waals surface area contributed by atoms with Gasteiger partial charge in [-0.15, -0.1) is 11.6 Å². The topological polar surface area (TPSA) is 0 Å². The van der Waals surface area contributed by atoms with Crippen molar-refractivity contribution in [3.05, 3.63) is 35.9 Å². The van der Waals surface area contributed by atoms with Crippen molar-refractivity contribution in [2.24, 2.45) is 0 Å². The van der Waals surface area contributed by atoms with Gasteiger partial charge in [0.25, 0.3) is 0 Å². The Balaban J connectivity index is 2.38. The van der Waals surface area contributed by atoms with E-state index in [9.17, 15) is 4.39 Å². The van der Waals surface area contributed by atoms with Gasteiger partial charge in [-0.1, -0.05) is 52.7 Å². The normalized spacial score (nSPS) is 36.5. The molecule has 0 aliphatic heterocycles. The number of alkyl halides is 3. The first kappa shape index (κ1) is 11.4. The van der Waals surface area contributed by atoms with Crippen molar-refractivity contribution in [3.63, 3.8) is 0 Å². The van der Waals surface area contributed by atoms with Crippen molar-refractivity contribution in [1.82, 2.24) is 0 Å². The van der Waals surface area contributed by atoms with E-state index in [1.54, 1.807) is 0 Å². The summed E-state index contributed by atoms with van der Waals surface area (Å²) in [5, 5.41) is -0.432. The predicted octanol–water partition coefficient (Wildman–Crippen LogP) is 4.41. The average molecular weight is 292 g/mol. The van der Waals surface area contributed by atoms with Gasteiger partial charge in [0.1, 0.15) is 0 Å². The Kier molecular flexibility index (Phi) is 3.36. The highest BCUT2D eigenvalue weighted by Crippen LogP contribution is 2.47. The molecule has 3 heteroatoms. The number of hydrogen-bond acceptors (Lipinski definition) is 0. The predicted molar refractivity (Wildman–Crippen MR) is 65.4 cm³/mol. The molecule has 0 aromatic heterocycles. The lowest BCUT2D eigenvalue weighted by Crippen LogP contribution is -2.43. The summed E-state index contributed by atoms with van der Waals surface area (Å²) < 4.78 is 14.9. The lowest BCUT2D eigenvalue weighted by atomic mass is 9.80. The average Bonchev–Trinajstić information content (AvgIpc) is 2.27. The second-order valence-electron chi connectivity index (χ2n) is 4.00. The molecule has 15 heavy (non-hydrogen) atoms. The van der Waals surface area contributed by atoms with Crippen molar-refractivity contribution in [2.45, 2.75) is 35.1 Å². The minimum atomic E-state index is -1.43. The Morgan fingerprint density at radius 3 is 2.53 bits per heavy atom. The van der Waals surface area contributed by atoms with Gasteiger partial charge in [0.15, 0.2) is 5.67 Å². The summed E-state index contributed by atoms with van der Waals surface area (Å²) in [6.45, 7) is 0. The highest BCUT2D eigenvalue weighted by Gasteiger charge is 2.47. The maximum atomic E-state index is 14.9. The molecule has 2 rings (SSSR count). The van der Waals surface area contributed by atoms with Gasteiger partial charge in [-0.05, 0) is 18.4 Å². The molecule has 1 fully saturated rings. The summed E-state index contributed by atoms with van der Waals surface area (Å²) in [4.78, 5) is -0.177. The molecule has 0 spiro atoms. The molecule has 0 unspecified atom stereocenters. The molecular weight excluding hydrogens is 278 g/mol. The van der Waals surface area contributed by atoms with E-state index in [4.69, 9.17) is 11.6 Å². The van der Waals surface area contributed by atoms with Gasteiger partial charge >= 0.3 is 0 Å². The molecule has 1 aromatic carbocycles. The number of hydrogen-bond donors (Lipinski definition) is 0. The van der Waals surface area contributed by atoms with Crippen molar-refractivity contribution < 1.29 is 4.39 Å². The van der Waals surface area contributed by atoms with Gasteiger partial charge in [-0.25, -0.2) is 4.39 Å². The zero-order valence-corrected chi connectivity index (χ0v) is 10.6. The van der Waals surface area contributed by atoms with E-state index in [2.05, 4.69) is 15.9 Å². The Bertz CT molecular complexity index is 318. The lowest BCUT2D eigenvalue weighted by molar-refractivity contribution is 0.123. The first-order chi connectivity index (χ1) is 7.15. The van der Waals surface area contributed by atoms with E-state index >= 15 is 0 Å². The summed E-state index contributed by atoms with van der Waals surface area (Å²) in [5.74, 6) is 0. The third-order valence-corrected chi connectivity index (χ3v) is 4.70. The Morgan fingerprint density at radius 2 is 1.93 bits per heavy atom. The molecule has 1 saturated carbocycles. The molecule has 0 nitrogen and oxygen atoms in total. The molecule has 82 valence electrons. The van der Waals surface area contributed by atoms with Crippen molar-refractivity contribution in [1.29, 1.82) is 0 Å². The van der Waals surface area contributed by atoms with Gasteiger partial charge in [-0.2, -0.15) is 0 Å². The Labute approximate surface area is 103 Å². The van der Waals surface area contributed by atoms with Crippen LogP contribution in [0.1, 0.15) is 24.8 Å². The fourth-order valence-electron chi connectivity index (χ4n) is 2.15. The van der Waals surface area contributed by atoms with Crippen LogP contribution in [0.2, 0.25) is 0 Å². The van der Waals surface area contributed by atoms with Gasteiger partial charge in [0.05, 0.1) is 10.2 Å². The second kappa shape index (κ2) is 4.42. The van der Waals surface area contributed by atoms with Crippen molar-refractivity contribution >= 4 is 27.5 Å². The minimum Gasteiger partial charge on any atom is -0.236 e. The minimum absolute atomic E-state index is 0.177. The van der Waals surface area contributed by atoms with Gasteiger partial charge < -0.3 is 0 Å². The molecule has 1 aromatic rings. The van der Waals surface area contributed by atoms with Gasteiger partial charge in [0, 0.05) is 0 Å². The zero-order valence-electron chi connectivity index (χ0n) is 8.30. The highest BCUT2D eigenvalue weighted by molar-refractivity contribution is 9.09.